The van der Waals surface area contributed by atoms with E-state index in [1.165, 1.54) is 5.57 Å². The largest absolute Gasteiger partial charge is 0.466 e. The first kappa shape index (κ1) is 20.4. The van der Waals surface area contributed by atoms with Gasteiger partial charge in [-0.3, -0.25) is 0 Å². The first-order chi connectivity index (χ1) is 6.27. The maximum absolute atomic E-state index is 8.88. The topological polar surface area (TPSA) is 156 Å². The van der Waals surface area contributed by atoms with Crippen molar-refractivity contribution >= 4 is 15.6 Å². The van der Waals surface area contributed by atoms with Gasteiger partial charge in [-0.1, -0.05) is 11.6 Å². The van der Waals surface area contributed by atoms with Crippen molar-refractivity contribution in [2.24, 2.45) is 0 Å². The molecule has 0 bridgehead atoms. The third-order valence-electron chi connectivity index (χ3n) is 0.577. The second-order valence-electron chi connectivity index (χ2n) is 2.39. The highest BCUT2D eigenvalue weighted by atomic mass is 31.2. The molecule has 10 heteroatoms. The van der Waals surface area contributed by atoms with Crippen LogP contribution in [0.15, 0.2) is 11.6 Å². The zero-order valence-electron chi connectivity index (χ0n) is 8.47. The highest BCUT2D eigenvalue weighted by Crippen LogP contribution is 2.26. The molecule has 0 spiro atoms. The normalized spacial score (nSPS) is 10.2. The van der Waals surface area contributed by atoms with Crippen LogP contribution in [0.3, 0.4) is 0 Å². The summed E-state index contributed by atoms with van der Waals surface area (Å²) in [6.45, 7) is 6.20. The highest BCUT2D eigenvalue weighted by molar-refractivity contribution is 7.45. The molecule has 0 saturated heterocycles. The molecule has 0 aromatic rings. The van der Waals surface area contributed by atoms with E-state index in [1.54, 1.807) is 0 Å². The lowest BCUT2D eigenvalue weighted by atomic mass is 10.3. The van der Waals surface area contributed by atoms with Gasteiger partial charge >= 0.3 is 15.6 Å². The summed E-state index contributed by atoms with van der Waals surface area (Å²) in [6.07, 6.45) is 2.08. The summed E-state index contributed by atoms with van der Waals surface area (Å²) >= 11 is 0. The van der Waals surface area contributed by atoms with Crippen LogP contribution >= 0.6 is 15.6 Å². The molecule has 0 heterocycles. The van der Waals surface area contributed by atoms with Crippen molar-refractivity contribution in [1.82, 2.24) is 0 Å². The molecule has 0 atom stereocenters. The Morgan fingerprint density at radius 2 is 0.933 bits per heavy atom. The molecule has 6 N–H and O–H groups in total. The van der Waals surface area contributed by atoms with Crippen molar-refractivity contribution in [3.05, 3.63) is 11.6 Å². The predicted octanol–water partition coefficient (Wildman–Crippen LogP) is 0.115. The van der Waals surface area contributed by atoms with E-state index in [0.29, 0.717) is 0 Å². The molecule has 0 rings (SSSR count). The minimum atomic E-state index is -4.64. The minimum absolute atomic E-state index is 1.38. The molecule has 8 nitrogen and oxygen atoms in total. The number of hydrogen-bond acceptors (Lipinski definition) is 2. The summed E-state index contributed by atoms with van der Waals surface area (Å²) in [6, 6.07) is 0. The Kier molecular flexibility index (Phi) is 12.5. The van der Waals surface area contributed by atoms with E-state index in [2.05, 4.69) is 19.9 Å². The lowest BCUT2D eigenvalue weighted by molar-refractivity contribution is 0.272. The Bertz CT molecular complexity index is 220. The summed E-state index contributed by atoms with van der Waals surface area (Å²) in [4.78, 5) is 43.1. The minimum Gasteiger partial charge on any atom is -0.303 e. The van der Waals surface area contributed by atoms with Gasteiger partial charge < -0.3 is 29.4 Å². The first-order valence-electron chi connectivity index (χ1n) is 3.43. The van der Waals surface area contributed by atoms with Gasteiger partial charge in [-0.15, -0.1) is 0 Å². The van der Waals surface area contributed by atoms with Crippen LogP contribution in [-0.2, 0) is 9.13 Å². The smallest absolute Gasteiger partial charge is 0.303 e. The molecule has 15 heavy (non-hydrogen) atoms. The Balaban J connectivity index is -0.000000144. The summed E-state index contributed by atoms with van der Waals surface area (Å²) in [5.41, 5.74) is 1.38. The number of allylic oxidation sites excluding steroid dienone is 2. The van der Waals surface area contributed by atoms with E-state index in [1.807, 2.05) is 6.92 Å². The Morgan fingerprint density at radius 3 is 0.933 bits per heavy atom. The van der Waals surface area contributed by atoms with Crippen LogP contribution in [0.25, 0.3) is 0 Å². The van der Waals surface area contributed by atoms with Crippen molar-refractivity contribution in [1.29, 1.82) is 0 Å². The average molecular weight is 266 g/mol. The molecule has 0 radical (unpaired) electrons. The second kappa shape index (κ2) is 9.21. The van der Waals surface area contributed by atoms with Crippen molar-refractivity contribution in [2.45, 2.75) is 20.8 Å². The molecule has 94 valence electrons. The fraction of sp³-hybridized carbons (Fsp3) is 0.600. The third kappa shape index (κ3) is 520. The molecule has 0 aliphatic rings. The maximum Gasteiger partial charge on any atom is 0.466 e. The summed E-state index contributed by atoms with van der Waals surface area (Å²) < 4.78 is 17.8. The van der Waals surface area contributed by atoms with Crippen LogP contribution in [-0.4, -0.2) is 29.4 Å². The Morgan fingerprint density at radius 1 is 0.867 bits per heavy atom. The maximum atomic E-state index is 8.88. The van der Waals surface area contributed by atoms with Gasteiger partial charge in [0.15, 0.2) is 0 Å². The van der Waals surface area contributed by atoms with Crippen molar-refractivity contribution in [3.8, 4) is 0 Å². The van der Waals surface area contributed by atoms with Gasteiger partial charge in [-0.25, -0.2) is 9.13 Å². The molecule has 0 unspecified atom stereocenters. The Labute approximate surface area is 87.4 Å². The molecule has 0 aromatic heterocycles. The molecule has 0 saturated carbocycles. The fourth-order valence-electron chi connectivity index (χ4n) is 0. The van der Waals surface area contributed by atoms with Gasteiger partial charge in [0.1, 0.15) is 0 Å². The predicted molar refractivity (Wildman–Crippen MR) is 53.6 cm³/mol. The standard InChI is InChI=1S/C5H10.2H3O4P/c1-4-5(2)3;2*1-5(2,3)4/h4H,1-3H3;2*(H3,1,2,3,4). The van der Waals surface area contributed by atoms with Crippen LogP contribution in [0.4, 0.5) is 0 Å². The van der Waals surface area contributed by atoms with E-state index in [9.17, 15) is 0 Å². The third-order valence-corrected chi connectivity index (χ3v) is 0.577. The summed E-state index contributed by atoms with van der Waals surface area (Å²) in [7, 11) is -9.28. The molecule has 0 aliphatic carbocycles. The number of phosphoric acid groups is 2. The fourth-order valence-corrected chi connectivity index (χ4v) is 0. The van der Waals surface area contributed by atoms with E-state index in [0.717, 1.165) is 0 Å². The van der Waals surface area contributed by atoms with Crippen LogP contribution in [0.1, 0.15) is 20.8 Å². The highest BCUT2D eigenvalue weighted by Gasteiger charge is 2.00. The molecule has 0 aromatic carbocycles. The zero-order valence-corrected chi connectivity index (χ0v) is 10.3. The first-order valence-corrected chi connectivity index (χ1v) is 6.56. The summed E-state index contributed by atoms with van der Waals surface area (Å²) in [5.74, 6) is 0. The monoisotopic (exact) mass is 266 g/mol. The van der Waals surface area contributed by atoms with Crippen molar-refractivity contribution in [2.75, 3.05) is 0 Å². The van der Waals surface area contributed by atoms with E-state index >= 15 is 0 Å². The molecule has 0 fully saturated rings. The van der Waals surface area contributed by atoms with Crippen LogP contribution < -0.4 is 0 Å². The second-order valence-corrected chi connectivity index (χ2v) is 4.45. The molecule has 0 aliphatic heterocycles. The quantitative estimate of drug-likeness (QED) is 0.266. The summed E-state index contributed by atoms with van der Waals surface area (Å²) in [5, 5.41) is 0. The van der Waals surface area contributed by atoms with Gasteiger partial charge in [0.2, 0.25) is 0 Å². The van der Waals surface area contributed by atoms with Gasteiger partial charge in [-0.05, 0) is 20.8 Å². The molecular formula is C5H16O8P2. The molecular weight excluding hydrogens is 250 g/mol. The van der Waals surface area contributed by atoms with E-state index in [-0.39, 0.29) is 0 Å². The lowest BCUT2D eigenvalue weighted by Crippen LogP contribution is -1.66. The SMILES string of the molecule is CC=C(C)C.O=P(O)(O)O.O=P(O)(O)O. The number of hydrogen-bond donors (Lipinski definition) is 6. The van der Waals surface area contributed by atoms with E-state index in [4.69, 9.17) is 38.5 Å². The van der Waals surface area contributed by atoms with Gasteiger partial charge in [0.05, 0.1) is 0 Å². The zero-order chi connectivity index (χ0) is 13.3. The molecule has 0 amide bonds. The van der Waals surface area contributed by atoms with Crippen molar-refractivity contribution in [3.63, 3.8) is 0 Å². The van der Waals surface area contributed by atoms with Gasteiger partial charge in [0.25, 0.3) is 0 Å². The average Bonchev–Trinajstić information content (AvgIpc) is 1.79. The van der Waals surface area contributed by atoms with Crippen LogP contribution in [0, 0.1) is 0 Å². The van der Waals surface area contributed by atoms with E-state index < -0.39 is 15.6 Å². The van der Waals surface area contributed by atoms with Crippen LogP contribution in [0.2, 0.25) is 0 Å². The van der Waals surface area contributed by atoms with Gasteiger partial charge in [-0.2, -0.15) is 0 Å². The number of rotatable bonds is 0. The lowest BCUT2D eigenvalue weighted by Gasteiger charge is -1.82. The van der Waals surface area contributed by atoms with Crippen molar-refractivity contribution < 1.29 is 38.5 Å². The Hall–Kier alpha value is -0.0400. The van der Waals surface area contributed by atoms with Crippen LogP contribution in [0.5, 0.6) is 0 Å². The van der Waals surface area contributed by atoms with Gasteiger partial charge in [0, 0.05) is 0 Å².